The first kappa shape index (κ1) is 11.7. The summed E-state index contributed by atoms with van der Waals surface area (Å²) in [6.07, 6.45) is 1.78. The van der Waals surface area contributed by atoms with Crippen molar-refractivity contribution in [2.75, 3.05) is 0 Å². The van der Waals surface area contributed by atoms with E-state index in [4.69, 9.17) is 12.2 Å². The maximum atomic E-state index is 5.07. The minimum Gasteiger partial charge on any atom is -0.250 e. The average Bonchev–Trinajstić information content (AvgIpc) is 2.61. The maximum Gasteiger partial charge on any atom is 0.216 e. The number of aromatic nitrogens is 3. The molecule has 0 saturated carbocycles. The molecule has 17 heavy (non-hydrogen) atoms. The van der Waals surface area contributed by atoms with Crippen molar-refractivity contribution in [1.29, 1.82) is 0 Å². The Bertz CT molecular complexity index is 622. The van der Waals surface area contributed by atoms with Gasteiger partial charge in [0.2, 0.25) is 4.77 Å². The Balaban J connectivity index is 2.32. The Labute approximate surface area is 105 Å². The van der Waals surface area contributed by atoms with Gasteiger partial charge in [0.15, 0.2) is 0 Å². The lowest BCUT2D eigenvalue weighted by atomic mass is 10.1. The van der Waals surface area contributed by atoms with E-state index in [-0.39, 0.29) is 0 Å². The Morgan fingerprint density at radius 1 is 1.29 bits per heavy atom. The lowest BCUT2D eigenvalue weighted by Crippen LogP contribution is -1.94. The third kappa shape index (κ3) is 2.50. The average molecular weight is 246 g/mol. The van der Waals surface area contributed by atoms with Crippen molar-refractivity contribution < 1.29 is 0 Å². The van der Waals surface area contributed by atoms with Gasteiger partial charge in [0.05, 0.1) is 6.21 Å². The summed E-state index contributed by atoms with van der Waals surface area (Å²) in [6, 6.07) is 6.21. The predicted molar refractivity (Wildman–Crippen MR) is 71.1 cm³/mol. The third-order valence-electron chi connectivity index (χ3n) is 2.67. The normalized spacial score (nSPS) is 11.2. The van der Waals surface area contributed by atoms with Crippen LogP contribution in [0.15, 0.2) is 23.3 Å². The largest absolute Gasteiger partial charge is 0.250 e. The smallest absolute Gasteiger partial charge is 0.216 e. The molecule has 1 heterocycles. The van der Waals surface area contributed by atoms with Gasteiger partial charge in [-0.2, -0.15) is 14.9 Å². The molecule has 0 aliphatic carbocycles. The Kier molecular flexibility index (Phi) is 3.19. The summed E-state index contributed by atoms with van der Waals surface area (Å²) in [5.74, 6) is 0.745. The lowest BCUT2D eigenvalue weighted by Gasteiger charge is -2.00. The molecule has 1 N–H and O–H groups in total. The molecule has 0 unspecified atom stereocenters. The van der Waals surface area contributed by atoms with E-state index in [0.717, 1.165) is 11.4 Å². The van der Waals surface area contributed by atoms with Gasteiger partial charge in [-0.15, -0.1) is 0 Å². The van der Waals surface area contributed by atoms with Gasteiger partial charge in [-0.25, -0.2) is 0 Å². The van der Waals surface area contributed by atoms with Crippen molar-refractivity contribution in [1.82, 2.24) is 14.9 Å². The number of benzene rings is 1. The predicted octanol–water partition coefficient (Wildman–Crippen LogP) is 2.75. The molecule has 0 aliphatic rings. The lowest BCUT2D eigenvalue weighted by molar-refractivity contribution is 0.821. The molecule has 0 bridgehead atoms. The first-order chi connectivity index (χ1) is 8.08. The fourth-order valence-corrected chi connectivity index (χ4v) is 1.70. The van der Waals surface area contributed by atoms with Gasteiger partial charge < -0.3 is 0 Å². The monoisotopic (exact) mass is 246 g/mol. The molecular formula is C12H14N4S. The van der Waals surface area contributed by atoms with E-state index in [0.29, 0.717) is 4.77 Å². The number of aromatic amines is 1. The van der Waals surface area contributed by atoms with Crippen LogP contribution < -0.4 is 0 Å². The zero-order valence-corrected chi connectivity index (χ0v) is 10.9. The Hall–Kier alpha value is -1.75. The molecule has 5 heteroatoms. The SMILES string of the molecule is Cc1ccc(C=Nn2c(C)n[nH]c2=S)cc1C. The highest BCUT2D eigenvalue weighted by Crippen LogP contribution is 2.08. The number of H-pyrrole nitrogens is 1. The van der Waals surface area contributed by atoms with Gasteiger partial charge in [-0.1, -0.05) is 18.2 Å². The molecule has 0 amide bonds. The zero-order valence-electron chi connectivity index (χ0n) is 10.1. The number of aryl methyl sites for hydroxylation is 3. The molecule has 0 fully saturated rings. The van der Waals surface area contributed by atoms with Crippen LogP contribution in [0.2, 0.25) is 0 Å². The molecular weight excluding hydrogens is 232 g/mol. The maximum absolute atomic E-state index is 5.07. The van der Waals surface area contributed by atoms with E-state index in [9.17, 15) is 0 Å². The van der Waals surface area contributed by atoms with Crippen molar-refractivity contribution in [3.05, 3.63) is 45.5 Å². The molecule has 0 radical (unpaired) electrons. The first-order valence-electron chi connectivity index (χ1n) is 5.33. The van der Waals surface area contributed by atoms with E-state index in [1.165, 1.54) is 11.1 Å². The van der Waals surface area contributed by atoms with Crippen molar-refractivity contribution in [3.63, 3.8) is 0 Å². The van der Waals surface area contributed by atoms with Gasteiger partial charge in [0, 0.05) is 0 Å². The van der Waals surface area contributed by atoms with Crippen LogP contribution in [0.5, 0.6) is 0 Å². The van der Waals surface area contributed by atoms with E-state index in [1.54, 1.807) is 10.9 Å². The van der Waals surface area contributed by atoms with Crippen molar-refractivity contribution in [3.8, 4) is 0 Å². The van der Waals surface area contributed by atoms with Gasteiger partial charge in [-0.05, 0) is 49.7 Å². The summed E-state index contributed by atoms with van der Waals surface area (Å²) in [4.78, 5) is 0. The highest BCUT2D eigenvalue weighted by Gasteiger charge is 1.98. The van der Waals surface area contributed by atoms with Crippen LogP contribution in [0, 0.1) is 25.5 Å². The minimum absolute atomic E-state index is 0.502. The molecule has 0 aliphatic heterocycles. The van der Waals surface area contributed by atoms with Crippen molar-refractivity contribution in [2.24, 2.45) is 5.10 Å². The van der Waals surface area contributed by atoms with Crippen LogP contribution in [0.1, 0.15) is 22.5 Å². The second kappa shape index (κ2) is 4.63. The number of hydrogen-bond donors (Lipinski definition) is 1. The molecule has 0 spiro atoms. The fraction of sp³-hybridized carbons (Fsp3) is 0.250. The summed E-state index contributed by atoms with van der Waals surface area (Å²) >= 11 is 5.07. The summed E-state index contributed by atoms with van der Waals surface area (Å²) in [5.41, 5.74) is 3.58. The highest BCUT2D eigenvalue weighted by molar-refractivity contribution is 7.71. The Morgan fingerprint density at radius 3 is 2.65 bits per heavy atom. The summed E-state index contributed by atoms with van der Waals surface area (Å²) < 4.78 is 2.10. The number of nitrogens with one attached hydrogen (secondary N) is 1. The van der Waals surface area contributed by atoms with Gasteiger partial charge in [0.1, 0.15) is 5.82 Å². The molecule has 4 nitrogen and oxygen atoms in total. The van der Waals surface area contributed by atoms with Gasteiger partial charge in [0.25, 0.3) is 0 Å². The molecule has 1 aromatic carbocycles. The van der Waals surface area contributed by atoms with Crippen LogP contribution in [-0.4, -0.2) is 21.1 Å². The highest BCUT2D eigenvalue weighted by atomic mass is 32.1. The summed E-state index contributed by atoms with van der Waals surface area (Å²) in [5, 5.41) is 11.0. The second-order valence-electron chi connectivity index (χ2n) is 3.98. The van der Waals surface area contributed by atoms with Crippen LogP contribution in [-0.2, 0) is 0 Å². The minimum atomic E-state index is 0.502. The molecule has 0 atom stereocenters. The standard InChI is InChI=1S/C12H14N4S/c1-8-4-5-11(6-9(8)2)7-13-16-10(3)14-15-12(16)17/h4-7H,1-3H3,(H,15,17). The second-order valence-corrected chi connectivity index (χ2v) is 4.36. The van der Waals surface area contributed by atoms with Crippen LogP contribution in [0.25, 0.3) is 0 Å². The summed E-state index contributed by atoms with van der Waals surface area (Å²) in [7, 11) is 0. The van der Waals surface area contributed by atoms with E-state index in [1.807, 2.05) is 13.0 Å². The van der Waals surface area contributed by atoms with E-state index in [2.05, 4.69) is 41.3 Å². The number of hydrogen-bond acceptors (Lipinski definition) is 3. The first-order valence-corrected chi connectivity index (χ1v) is 5.74. The van der Waals surface area contributed by atoms with E-state index >= 15 is 0 Å². The fourth-order valence-electron chi connectivity index (χ4n) is 1.48. The van der Waals surface area contributed by atoms with Crippen LogP contribution in [0.3, 0.4) is 0 Å². The Morgan fingerprint density at radius 2 is 2.06 bits per heavy atom. The molecule has 88 valence electrons. The van der Waals surface area contributed by atoms with Crippen LogP contribution in [0.4, 0.5) is 0 Å². The molecule has 2 aromatic rings. The zero-order chi connectivity index (χ0) is 12.4. The van der Waals surface area contributed by atoms with Gasteiger partial charge in [-0.3, -0.25) is 5.10 Å². The number of nitrogens with zero attached hydrogens (tertiary/aromatic N) is 3. The molecule has 1 aromatic heterocycles. The van der Waals surface area contributed by atoms with Crippen molar-refractivity contribution in [2.45, 2.75) is 20.8 Å². The molecule has 0 saturated heterocycles. The van der Waals surface area contributed by atoms with Crippen LogP contribution >= 0.6 is 12.2 Å². The molecule has 2 rings (SSSR count). The quantitative estimate of drug-likeness (QED) is 0.654. The van der Waals surface area contributed by atoms with Gasteiger partial charge >= 0.3 is 0 Å². The topological polar surface area (TPSA) is 46.0 Å². The summed E-state index contributed by atoms with van der Waals surface area (Å²) in [6.45, 7) is 6.03. The number of rotatable bonds is 2. The van der Waals surface area contributed by atoms with E-state index < -0.39 is 0 Å². The third-order valence-corrected chi connectivity index (χ3v) is 2.93. The van der Waals surface area contributed by atoms with Crippen molar-refractivity contribution >= 4 is 18.4 Å².